The number of aromatic nitrogens is 2. The number of rotatable bonds is 14. The van der Waals surface area contributed by atoms with Gasteiger partial charge in [-0.2, -0.15) is 0 Å². The smallest absolute Gasteiger partial charge is 0.154 e. The van der Waals surface area contributed by atoms with E-state index in [2.05, 4.69) is 47.6 Å². The minimum atomic E-state index is 0.558. The highest BCUT2D eigenvalue weighted by atomic mass is 16.5. The number of hydrogen-bond donors (Lipinski definition) is 2. The Morgan fingerprint density at radius 2 is 1.54 bits per heavy atom. The lowest BCUT2D eigenvalue weighted by molar-refractivity contribution is 0.303. The van der Waals surface area contributed by atoms with E-state index in [9.17, 15) is 0 Å². The Morgan fingerprint density at radius 1 is 0.784 bits per heavy atom. The molecule has 0 fully saturated rings. The first-order valence-corrected chi connectivity index (χ1v) is 13.1. The average Bonchev–Trinajstić information content (AvgIpc) is 2.95. The van der Waals surface area contributed by atoms with Gasteiger partial charge < -0.3 is 20.3 Å². The van der Waals surface area contributed by atoms with E-state index in [1.807, 2.05) is 72.8 Å². The number of nitrogens with one attached hydrogen (secondary N) is 2. The van der Waals surface area contributed by atoms with Crippen LogP contribution in [0.15, 0.2) is 78.9 Å². The molecule has 1 aromatic heterocycles. The Hall–Kier alpha value is -3.74. The standard InChI is InChI=1S/C31H37N5O/c1-3-36(4-2)23-22-32-20-21-33-31-28-12-8-9-13-29(28)34-30(35-31)19-16-25-14-17-27(18-15-25)37-24-26-10-6-5-7-11-26/h5-19,32H,3-4,20-24H2,1-2H3,(H,33,34,35). The lowest BCUT2D eigenvalue weighted by Crippen LogP contribution is -2.33. The van der Waals surface area contributed by atoms with E-state index >= 15 is 0 Å². The first-order valence-electron chi connectivity index (χ1n) is 13.1. The SMILES string of the molecule is CCN(CC)CCNCCNc1nc(C=Cc2ccc(OCc3ccccc3)cc2)nc2ccccc12. The van der Waals surface area contributed by atoms with E-state index in [1.54, 1.807) is 0 Å². The maximum absolute atomic E-state index is 5.89. The predicted octanol–water partition coefficient (Wildman–Crippen LogP) is 5.72. The van der Waals surface area contributed by atoms with Gasteiger partial charge in [0.25, 0.3) is 0 Å². The van der Waals surface area contributed by atoms with Crippen LogP contribution in [0.2, 0.25) is 0 Å². The van der Waals surface area contributed by atoms with Gasteiger partial charge in [0.2, 0.25) is 0 Å². The quantitative estimate of drug-likeness (QED) is 0.218. The molecule has 0 saturated carbocycles. The molecule has 3 aromatic carbocycles. The number of nitrogens with zero attached hydrogens (tertiary/aromatic N) is 3. The van der Waals surface area contributed by atoms with Crippen LogP contribution < -0.4 is 15.4 Å². The Morgan fingerprint density at radius 3 is 2.32 bits per heavy atom. The van der Waals surface area contributed by atoms with Crippen LogP contribution in [0.4, 0.5) is 5.82 Å². The van der Waals surface area contributed by atoms with Gasteiger partial charge in [0, 0.05) is 31.6 Å². The first-order chi connectivity index (χ1) is 18.2. The van der Waals surface area contributed by atoms with Gasteiger partial charge in [-0.15, -0.1) is 0 Å². The molecule has 4 rings (SSSR count). The fourth-order valence-corrected chi connectivity index (χ4v) is 4.06. The molecule has 6 nitrogen and oxygen atoms in total. The van der Waals surface area contributed by atoms with Crippen molar-refractivity contribution in [3.05, 3.63) is 95.8 Å². The summed E-state index contributed by atoms with van der Waals surface area (Å²) >= 11 is 0. The highest BCUT2D eigenvalue weighted by Gasteiger charge is 2.06. The van der Waals surface area contributed by atoms with Crippen molar-refractivity contribution < 1.29 is 4.74 Å². The van der Waals surface area contributed by atoms with Crippen LogP contribution in [-0.2, 0) is 6.61 Å². The number of hydrogen-bond acceptors (Lipinski definition) is 6. The Balaban J connectivity index is 1.35. The van der Waals surface area contributed by atoms with Crippen molar-refractivity contribution in [2.45, 2.75) is 20.5 Å². The Labute approximate surface area is 220 Å². The van der Waals surface area contributed by atoms with Crippen LogP contribution in [0, 0.1) is 0 Å². The van der Waals surface area contributed by atoms with Gasteiger partial charge in [-0.25, -0.2) is 9.97 Å². The normalized spacial score (nSPS) is 11.4. The van der Waals surface area contributed by atoms with Crippen LogP contribution in [0.5, 0.6) is 5.75 Å². The molecule has 0 aliphatic rings. The third-order valence-electron chi connectivity index (χ3n) is 6.27. The molecule has 0 unspecified atom stereocenters. The van der Waals surface area contributed by atoms with Crippen molar-refractivity contribution >= 4 is 28.9 Å². The molecule has 192 valence electrons. The summed E-state index contributed by atoms with van der Waals surface area (Å²) in [6, 6.07) is 26.4. The number of ether oxygens (including phenoxy) is 1. The predicted molar refractivity (Wildman–Crippen MR) is 155 cm³/mol. The fourth-order valence-electron chi connectivity index (χ4n) is 4.06. The topological polar surface area (TPSA) is 62.3 Å². The van der Waals surface area contributed by atoms with Crippen molar-refractivity contribution in [3.8, 4) is 5.75 Å². The van der Waals surface area contributed by atoms with Crippen LogP contribution in [0.3, 0.4) is 0 Å². The fraction of sp³-hybridized carbons (Fsp3) is 0.290. The summed E-state index contributed by atoms with van der Waals surface area (Å²) in [7, 11) is 0. The van der Waals surface area contributed by atoms with Crippen LogP contribution in [-0.4, -0.2) is 54.1 Å². The molecule has 0 aliphatic carbocycles. The van der Waals surface area contributed by atoms with Crippen LogP contribution >= 0.6 is 0 Å². The third-order valence-corrected chi connectivity index (χ3v) is 6.27. The molecule has 4 aromatic rings. The maximum atomic E-state index is 5.89. The van der Waals surface area contributed by atoms with Crippen LogP contribution in [0.25, 0.3) is 23.1 Å². The summed E-state index contributed by atoms with van der Waals surface area (Å²) in [5, 5.41) is 8.04. The zero-order chi connectivity index (χ0) is 25.7. The molecule has 0 saturated heterocycles. The molecule has 0 bridgehead atoms. The van der Waals surface area contributed by atoms with Crippen molar-refractivity contribution in [2.24, 2.45) is 0 Å². The van der Waals surface area contributed by atoms with Gasteiger partial charge in [-0.3, -0.25) is 0 Å². The van der Waals surface area contributed by atoms with Gasteiger partial charge in [0.1, 0.15) is 18.2 Å². The van der Waals surface area contributed by atoms with E-state index in [4.69, 9.17) is 14.7 Å². The summed E-state index contributed by atoms with van der Waals surface area (Å²) in [4.78, 5) is 12.0. The van der Waals surface area contributed by atoms with E-state index in [-0.39, 0.29) is 0 Å². The van der Waals surface area contributed by atoms with Gasteiger partial charge in [0.05, 0.1) is 5.52 Å². The summed E-state index contributed by atoms with van der Waals surface area (Å²) in [5.41, 5.74) is 3.15. The highest BCUT2D eigenvalue weighted by Crippen LogP contribution is 2.21. The van der Waals surface area contributed by atoms with Gasteiger partial charge >= 0.3 is 0 Å². The van der Waals surface area contributed by atoms with Gasteiger partial charge in [-0.05, 0) is 54.6 Å². The summed E-state index contributed by atoms with van der Waals surface area (Å²) in [5.74, 6) is 2.39. The molecule has 2 N–H and O–H groups in total. The zero-order valence-electron chi connectivity index (χ0n) is 21.9. The molecular formula is C31H37N5O. The third kappa shape index (κ3) is 8.13. The number of para-hydroxylation sites is 1. The van der Waals surface area contributed by atoms with E-state index < -0.39 is 0 Å². The number of benzene rings is 3. The van der Waals surface area contributed by atoms with Gasteiger partial charge in [-0.1, -0.05) is 74.5 Å². The van der Waals surface area contributed by atoms with Crippen molar-refractivity contribution in [1.82, 2.24) is 20.2 Å². The summed E-state index contributed by atoms with van der Waals surface area (Å²) in [6.45, 7) is 10.9. The van der Waals surface area contributed by atoms with Crippen molar-refractivity contribution in [3.63, 3.8) is 0 Å². The Bertz CT molecular complexity index is 1250. The van der Waals surface area contributed by atoms with Crippen LogP contribution in [0.1, 0.15) is 30.8 Å². The van der Waals surface area contributed by atoms with Gasteiger partial charge in [0.15, 0.2) is 5.82 Å². The lowest BCUT2D eigenvalue weighted by Gasteiger charge is -2.18. The second kappa shape index (κ2) is 14.1. The van der Waals surface area contributed by atoms with E-state index in [1.165, 1.54) is 0 Å². The monoisotopic (exact) mass is 495 g/mol. The first kappa shape index (κ1) is 26.3. The Kier molecular flexibility index (Phi) is 10.0. The summed E-state index contributed by atoms with van der Waals surface area (Å²) in [6.07, 6.45) is 3.99. The number of fused-ring (bicyclic) bond motifs is 1. The van der Waals surface area contributed by atoms with E-state index in [0.29, 0.717) is 12.4 Å². The van der Waals surface area contributed by atoms with E-state index in [0.717, 1.165) is 72.9 Å². The largest absolute Gasteiger partial charge is 0.489 e. The molecule has 0 aliphatic heterocycles. The zero-order valence-corrected chi connectivity index (χ0v) is 21.9. The molecule has 0 atom stereocenters. The minimum absolute atomic E-state index is 0.558. The van der Waals surface area contributed by atoms with Crippen molar-refractivity contribution in [1.29, 1.82) is 0 Å². The molecule has 1 heterocycles. The maximum Gasteiger partial charge on any atom is 0.154 e. The average molecular weight is 496 g/mol. The molecule has 0 amide bonds. The molecular weight excluding hydrogens is 458 g/mol. The molecule has 37 heavy (non-hydrogen) atoms. The highest BCUT2D eigenvalue weighted by molar-refractivity contribution is 5.90. The second-order valence-corrected chi connectivity index (χ2v) is 8.83. The minimum Gasteiger partial charge on any atom is -0.489 e. The number of anilines is 1. The second-order valence-electron chi connectivity index (χ2n) is 8.83. The number of likely N-dealkylation sites (N-methyl/N-ethyl adjacent to an activating group) is 1. The lowest BCUT2D eigenvalue weighted by atomic mass is 10.2. The molecule has 0 radical (unpaired) electrons. The molecule has 6 heteroatoms. The van der Waals surface area contributed by atoms with Crippen molar-refractivity contribution in [2.75, 3.05) is 44.6 Å². The molecule has 0 spiro atoms. The summed E-state index contributed by atoms with van der Waals surface area (Å²) < 4.78 is 5.89.